The number of fused-ring (bicyclic) bond motifs is 1. The van der Waals surface area contributed by atoms with E-state index in [9.17, 15) is 4.79 Å². The number of ether oxygens (including phenoxy) is 1. The zero-order valence-electron chi connectivity index (χ0n) is 12.1. The van der Waals surface area contributed by atoms with Crippen molar-refractivity contribution in [1.82, 2.24) is 5.32 Å². The van der Waals surface area contributed by atoms with Gasteiger partial charge in [0.25, 0.3) is 5.91 Å². The van der Waals surface area contributed by atoms with Crippen molar-refractivity contribution in [2.24, 2.45) is 0 Å². The Morgan fingerprint density at radius 3 is 3.00 bits per heavy atom. The molecule has 1 atom stereocenters. The highest BCUT2D eigenvalue weighted by molar-refractivity contribution is 5.77. The normalized spacial score (nSPS) is 14.5. The predicted octanol–water partition coefficient (Wildman–Crippen LogP) is 3.02. The van der Waals surface area contributed by atoms with E-state index in [0.29, 0.717) is 0 Å². The van der Waals surface area contributed by atoms with Crippen LogP contribution in [0.1, 0.15) is 36.3 Å². The fourth-order valence-corrected chi connectivity index (χ4v) is 2.68. The summed E-state index contributed by atoms with van der Waals surface area (Å²) in [6.07, 6.45) is 5.06. The van der Waals surface area contributed by atoms with E-state index < -0.39 is 0 Å². The van der Waals surface area contributed by atoms with Gasteiger partial charge in [-0.25, -0.2) is 0 Å². The van der Waals surface area contributed by atoms with E-state index in [2.05, 4.69) is 11.4 Å². The van der Waals surface area contributed by atoms with Gasteiger partial charge in [0.05, 0.1) is 12.3 Å². The van der Waals surface area contributed by atoms with Crippen molar-refractivity contribution in [1.29, 1.82) is 0 Å². The van der Waals surface area contributed by atoms with Crippen molar-refractivity contribution >= 4 is 5.91 Å². The maximum Gasteiger partial charge on any atom is 0.258 e. The number of rotatable bonds is 5. The molecule has 1 N–H and O–H groups in total. The van der Waals surface area contributed by atoms with Gasteiger partial charge in [-0.05, 0) is 61.6 Å². The Morgan fingerprint density at radius 2 is 2.19 bits per heavy atom. The molecule has 1 amide bonds. The number of carbonyl (C=O) groups is 1. The van der Waals surface area contributed by atoms with E-state index in [0.717, 1.165) is 24.4 Å². The van der Waals surface area contributed by atoms with Crippen molar-refractivity contribution in [3.8, 4) is 5.75 Å². The van der Waals surface area contributed by atoms with E-state index in [1.165, 1.54) is 17.5 Å². The lowest BCUT2D eigenvalue weighted by Gasteiger charge is -2.12. The molecule has 3 rings (SSSR count). The van der Waals surface area contributed by atoms with Crippen LogP contribution in [0.3, 0.4) is 0 Å². The summed E-state index contributed by atoms with van der Waals surface area (Å²) in [4.78, 5) is 11.9. The quantitative estimate of drug-likeness (QED) is 0.918. The van der Waals surface area contributed by atoms with Gasteiger partial charge in [0.2, 0.25) is 0 Å². The van der Waals surface area contributed by atoms with E-state index in [1.807, 2.05) is 25.1 Å². The molecule has 1 unspecified atom stereocenters. The second kappa shape index (κ2) is 6.04. The van der Waals surface area contributed by atoms with Gasteiger partial charge in [-0.2, -0.15) is 0 Å². The fourth-order valence-electron chi connectivity index (χ4n) is 2.68. The van der Waals surface area contributed by atoms with Gasteiger partial charge in [-0.15, -0.1) is 0 Å². The molecule has 0 saturated carbocycles. The molecule has 0 spiro atoms. The molecule has 0 bridgehead atoms. The average Bonchev–Trinajstić information content (AvgIpc) is 3.15. The van der Waals surface area contributed by atoms with Gasteiger partial charge >= 0.3 is 0 Å². The van der Waals surface area contributed by atoms with Crippen LogP contribution in [0.5, 0.6) is 5.75 Å². The van der Waals surface area contributed by atoms with Crippen LogP contribution in [-0.4, -0.2) is 12.5 Å². The molecule has 0 aliphatic heterocycles. The lowest BCUT2D eigenvalue weighted by molar-refractivity contribution is -0.123. The molecular formula is C17H19NO3. The zero-order valence-corrected chi connectivity index (χ0v) is 12.1. The number of furan rings is 1. The Labute approximate surface area is 124 Å². The van der Waals surface area contributed by atoms with Gasteiger partial charge in [-0.3, -0.25) is 4.79 Å². The Bertz CT molecular complexity index is 619. The smallest absolute Gasteiger partial charge is 0.258 e. The number of hydrogen-bond acceptors (Lipinski definition) is 3. The molecule has 0 saturated heterocycles. The number of hydrogen-bond donors (Lipinski definition) is 1. The first kappa shape index (κ1) is 13.7. The van der Waals surface area contributed by atoms with Crippen LogP contribution in [0.25, 0.3) is 0 Å². The third-order valence-corrected chi connectivity index (χ3v) is 3.79. The monoisotopic (exact) mass is 285 g/mol. The van der Waals surface area contributed by atoms with Crippen LogP contribution in [0.4, 0.5) is 0 Å². The molecule has 1 aliphatic carbocycles. The van der Waals surface area contributed by atoms with Crippen LogP contribution in [0.2, 0.25) is 0 Å². The first-order chi connectivity index (χ1) is 10.2. The predicted molar refractivity (Wildman–Crippen MR) is 79.2 cm³/mol. The Morgan fingerprint density at radius 1 is 1.33 bits per heavy atom. The van der Waals surface area contributed by atoms with Gasteiger partial charge < -0.3 is 14.5 Å². The van der Waals surface area contributed by atoms with E-state index in [-0.39, 0.29) is 18.6 Å². The first-order valence-corrected chi connectivity index (χ1v) is 7.30. The second-order valence-electron chi connectivity index (χ2n) is 5.38. The number of carbonyl (C=O) groups excluding carboxylic acids is 1. The molecule has 2 aromatic rings. The lowest BCUT2D eigenvalue weighted by atomic mass is 10.1. The highest BCUT2D eigenvalue weighted by atomic mass is 16.5. The van der Waals surface area contributed by atoms with Gasteiger partial charge in [-0.1, -0.05) is 6.07 Å². The van der Waals surface area contributed by atoms with Crippen LogP contribution in [-0.2, 0) is 17.6 Å². The van der Waals surface area contributed by atoms with E-state index in [1.54, 1.807) is 12.3 Å². The minimum absolute atomic E-state index is 0.0177. The molecule has 0 radical (unpaired) electrons. The summed E-state index contributed by atoms with van der Waals surface area (Å²) in [7, 11) is 0. The number of nitrogens with one attached hydrogen (secondary N) is 1. The third kappa shape index (κ3) is 3.27. The van der Waals surface area contributed by atoms with Crippen LogP contribution in [0.15, 0.2) is 41.0 Å². The lowest BCUT2D eigenvalue weighted by Crippen LogP contribution is -2.31. The van der Waals surface area contributed by atoms with E-state index in [4.69, 9.17) is 9.15 Å². The maximum atomic E-state index is 11.9. The van der Waals surface area contributed by atoms with Crippen molar-refractivity contribution < 1.29 is 13.9 Å². The highest BCUT2D eigenvalue weighted by Gasteiger charge is 2.14. The molecule has 1 heterocycles. The van der Waals surface area contributed by atoms with Crippen molar-refractivity contribution in [2.45, 2.75) is 32.2 Å². The molecule has 1 aromatic heterocycles. The fraction of sp³-hybridized carbons (Fsp3) is 0.353. The van der Waals surface area contributed by atoms with Gasteiger partial charge in [0, 0.05) is 0 Å². The minimum atomic E-state index is -0.156. The molecule has 0 fully saturated rings. The number of amides is 1. The molecule has 1 aliphatic rings. The molecular weight excluding hydrogens is 266 g/mol. The Balaban J connectivity index is 1.52. The molecule has 1 aromatic carbocycles. The average molecular weight is 285 g/mol. The molecule has 110 valence electrons. The summed E-state index contributed by atoms with van der Waals surface area (Å²) in [6, 6.07) is 9.57. The van der Waals surface area contributed by atoms with Crippen LogP contribution < -0.4 is 10.1 Å². The largest absolute Gasteiger partial charge is 0.484 e. The summed E-state index contributed by atoms with van der Waals surface area (Å²) in [5.41, 5.74) is 2.75. The van der Waals surface area contributed by atoms with Crippen LogP contribution >= 0.6 is 0 Å². The second-order valence-corrected chi connectivity index (χ2v) is 5.38. The molecule has 4 heteroatoms. The summed E-state index contributed by atoms with van der Waals surface area (Å²) >= 11 is 0. The van der Waals surface area contributed by atoms with Crippen LogP contribution in [0, 0.1) is 0 Å². The van der Waals surface area contributed by atoms with E-state index >= 15 is 0 Å². The van der Waals surface area contributed by atoms with Gasteiger partial charge in [0.15, 0.2) is 6.61 Å². The summed E-state index contributed by atoms with van der Waals surface area (Å²) in [5.74, 6) is 1.34. The first-order valence-electron chi connectivity index (χ1n) is 7.30. The number of aryl methyl sites for hydroxylation is 2. The zero-order chi connectivity index (χ0) is 14.7. The standard InChI is InChI=1S/C17H19NO3/c1-12(16-6-3-9-20-16)18-17(19)11-21-15-8-7-13-4-2-5-14(13)10-15/h3,6-10,12H,2,4-5,11H2,1H3,(H,18,19). The molecule has 4 nitrogen and oxygen atoms in total. The summed E-state index contributed by atoms with van der Waals surface area (Å²) in [5, 5.41) is 2.85. The SMILES string of the molecule is CC(NC(=O)COc1ccc2c(c1)CCC2)c1ccco1. The van der Waals surface area contributed by atoms with Crippen molar-refractivity contribution in [3.05, 3.63) is 53.5 Å². The Hall–Kier alpha value is -2.23. The topological polar surface area (TPSA) is 51.5 Å². The third-order valence-electron chi connectivity index (χ3n) is 3.79. The molecule has 21 heavy (non-hydrogen) atoms. The number of benzene rings is 1. The van der Waals surface area contributed by atoms with Gasteiger partial charge in [0.1, 0.15) is 11.5 Å². The highest BCUT2D eigenvalue weighted by Crippen LogP contribution is 2.25. The summed E-state index contributed by atoms with van der Waals surface area (Å²) in [6.45, 7) is 1.90. The van der Waals surface area contributed by atoms with Crippen molar-refractivity contribution in [3.63, 3.8) is 0 Å². The minimum Gasteiger partial charge on any atom is -0.484 e. The summed E-state index contributed by atoms with van der Waals surface area (Å²) < 4.78 is 10.8. The Kier molecular flexibility index (Phi) is 3.95. The maximum absolute atomic E-state index is 11.9. The van der Waals surface area contributed by atoms with Crippen molar-refractivity contribution in [2.75, 3.05) is 6.61 Å².